The molecule has 0 atom stereocenters. The van der Waals surface area contributed by atoms with Gasteiger partial charge in [0.15, 0.2) is 5.13 Å². The summed E-state index contributed by atoms with van der Waals surface area (Å²) in [6.45, 7) is 0. The number of carbonyl (C=O) groups excluding carboxylic acids is 1. The molecule has 5 heteroatoms. The molecule has 1 heterocycles. The van der Waals surface area contributed by atoms with Crippen molar-refractivity contribution in [2.24, 2.45) is 0 Å². The van der Waals surface area contributed by atoms with E-state index < -0.39 is 0 Å². The van der Waals surface area contributed by atoms with Crippen molar-refractivity contribution < 1.29 is 9.18 Å². The van der Waals surface area contributed by atoms with E-state index in [2.05, 4.69) is 10.3 Å². The first kappa shape index (κ1) is 17.1. The summed E-state index contributed by atoms with van der Waals surface area (Å²) in [4.78, 5) is 18.0. The van der Waals surface area contributed by atoms with Crippen molar-refractivity contribution in [3.63, 3.8) is 0 Å². The van der Waals surface area contributed by atoms with E-state index in [0.29, 0.717) is 10.7 Å². The topological polar surface area (TPSA) is 42.0 Å². The van der Waals surface area contributed by atoms with Gasteiger partial charge in [-0.25, -0.2) is 9.37 Å². The average molecular weight is 374 g/mol. The van der Waals surface area contributed by atoms with E-state index in [9.17, 15) is 9.18 Å². The van der Waals surface area contributed by atoms with Crippen LogP contribution in [0, 0.1) is 5.82 Å². The summed E-state index contributed by atoms with van der Waals surface area (Å²) in [6.07, 6.45) is 0. The van der Waals surface area contributed by atoms with Crippen LogP contribution < -0.4 is 5.32 Å². The van der Waals surface area contributed by atoms with Crippen molar-refractivity contribution in [3.8, 4) is 21.7 Å². The first-order valence-corrected chi connectivity index (χ1v) is 9.21. The lowest BCUT2D eigenvalue weighted by atomic mass is 10.1. The molecule has 0 unspecified atom stereocenters. The van der Waals surface area contributed by atoms with Crippen LogP contribution in [-0.4, -0.2) is 10.9 Å². The van der Waals surface area contributed by atoms with Crippen LogP contribution in [0.15, 0.2) is 84.9 Å². The van der Waals surface area contributed by atoms with Crippen LogP contribution in [0.5, 0.6) is 0 Å². The van der Waals surface area contributed by atoms with E-state index >= 15 is 0 Å². The highest BCUT2D eigenvalue weighted by atomic mass is 32.1. The molecule has 132 valence electrons. The SMILES string of the molecule is O=C(Nc1nc(-c2ccc(F)cc2)c(-c2ccccc2)s1)c1ccccc1. The second kappa shape index (κ2) is 7.51. The number of nitrogens with one attached hydrogen (secondary N) is 1. The van der Waals surface area contributed by atoms with Crippen LogP contribution in [0.2, 0.25) is 0 Å². The number of anilines is 1. The maximum atomic E-state index is 13.3. The van der Waals surface area contributed by atoms with Gasteiger partial charge in [0.2, 0.25) is 0 Å². The molecular weight excluding hydrogens is 359 g/mol. The Kier molecular flexibility index (Phi) is 4.77. The van der Waals surface area contributed by atoms with Crippen LogP contribution >= 0.6 is 11.3 Å². The number of rotatable bonds is 4. The second-order valence-corrected chi connectivity index (χ2v) is 6.89. The largest absolute Gasteiger partial charge is 0.298 e. The number of hydrogen-bond acceptors (Lipinski definition) is 3. The highest BCUT2D eigenvalue weighted by Crippen LogP contribution is 2.39. The lowest BCUT2D eigenvalue weighted by molar-refractivity contribution is 0.102. The van der Waals surface area contributed by atoms with Gasteiger partial charge in [-0.3, -0.25) is 10.1 Å². The van der Waals surface area contributed by atoms with Crippen molar-refractivity contribution in [3.05, 3.63) is 96.3 Å². The van der Waals surface area contributed by atoms with Crippen molar-refractivity contribution >= 4 is 22.4 Å². The van der Waals surface area contributed by atoms with Gasteiger partial charge in [-0.15, -0.1) is 0 Å². The van der Waals surface area contributed by atoms with E-state index in [0.717, 1.165) is 21.7 Å². The Morgan fingerprint density at radius 2 is 1.44 bits per heavy atom. The summed E-state index contributed by atoms with van der Waals surface area (Å²) in [5.41, 5.74) is 3.08. The minimum Gasteiger partial charge on any atom is -0.298 e. The maximum absolute atomic E-state index is 13.3. The van der Waals surface area contributed by atoms with Gasteiger partial charge in [0.05, 0.1) is 10.6 Å². The Hall–Kier alpha value is -3.31. The van der Waals surface area contributed by atoms with E-state index in [1.807, 2.05) is 48.5 Å². The number of halogens is 1. The fourth-order valence-electron chi connectivity index (χ4n) is 2.72. The molecule has 0 aliphatic carbocycles. The molecule has 1 amide bonds. The van der Waals surface area contributed by atoms with Gasteiger partial charge in [-0.05, 0) is 42.0 Å². The standard InChI is InChI=1S/C22H15FN2OS/c23-18-13-11-15(12-14-18)19-20(16-7-3-1-4-8-16)27-22(24-19)25-21(26)17-9-5-2-6-10-17/h1-14H,(H,24,25,26). The molecule has 0 saturated carbocycles. The van der Waals surface area contributed by atoms with Gasteiger partial charge in [0.1, 0.15) is 5.82 Å². The highest BCUT2D eigenvalue weighted by molar-refractivity contribution is 7.19. The highest BCUT2D eigenvalue weighted by Gasteiger charge is 2.17. The Bertz CT molecular complexity index is 1060. The van der Waals surface area contributed by atoms with E-state index in [-0.39, 0.29) is 11.7 Å². The normalized spacial score (nSPS) is 10.6. The average Bonchev–Trinajstić information content (AvgIpc) is 3.13. The van der Waals surface area contributed by atoms with Gasteiger partial charge in [-0.1, -0.05) is 59.9 Å². The summed E-state index contributed by atoms with van der Waals surface area (Å²) in [6, 6.07) is 25.0. The van der Waals surface area contributed by atoms with Crippen molar-refractivity contribution in [1.29, 1.82) is 0 Å². The quantitative estimate of drug-likeness (QED) is 0.485. The molecule has 3 aromatic carbocycles. The van der Waals surface area contributed by atoms with Crippen LogP contribution in [0.1, 0.15) is 10.4 Å². The molecular formula is C22H15FN2OS. The third-order valence-electron chi connectivity index (χ3n) is 4.04. The molecule has 1 aromatic heterocycles. The molecule has 4 rings (SSSR count). The maximum Gasteiger partial charge on any atom is 0.257 e. The minimum absolute atomic E-state index is 0.213. The molecule has 27 heavy (non-hydrogen) atoms. The zero-order valence-electron chi connectivity index (χ0n) is 14.2. The monoisotopic (exact) mass is 374 g/mol. The summed E-state index contributed by atoms with van der Waals surface area (Å²) < 4.78 is 13.3. The molecule has 0 aliphatic rings. The third-order valence-corrected chi connectivity index (χ3v) is 5.06. The molecule has 3 nitrogen and oxygen atoms in total. The number of benzene rings is 3. The Morgan fingerprint density at radius 1 is 0.815 bits per heavy atom. The van der Waals surface area contributed by atoms with E-state index in [4.69, 9.17) is 0 Å². The number of aromatic nitrogens is 1. The van der Waals surface area contributed by atoms with Crippen molar-refractivity contribution in [1.82, 2.24) is 4.98 Å². The van der Waals surface area contributed by atoms with Gasteiger partial charge in [0.25, 0.3) is 5.91 Å². The van der Waals surface area contributed by atoms with Crippen molar-refractivity contribution in [2.45, 2.75) is 0 Å². The minimum atomic E-state index is -0.298. The van der Waals surface area contributed by atoms with E-state index in [1.54, 1.807) is 24.3 Å². The summed E-state index contributed by atoms with van der Waals surface area (Å²) in [5.74, 6) is -0.512. The van der Waals surface area contributed by atoms with Crippen molar-refractivity contribution in [2.75, 3.05) is 5.32 Å². The molecule has 0 radical (unpaired) electrons. The molecule has 0 fully saturated rings. The Balaban J connectivity index is 1.74. The molecule has 0 aliphatic heterocycles. The fourth-order valence-corrected chi connectivity index (χ4v) is 3.71. The molecule has 4 aromatic rings. The first-order valence-electron chi connectivity index (χ1n) is 8.39. The Labute approximate surface area is 160 Å². The zero-order chi connectivity index (χ0) is 18.6. The predicted molar refractivity (Wildman–Crippen MR) is 107 cm³/mol. The number of hydrogen-bond donors (Lipinski definition) is 1. The third kappa shape index (κ3) is 3.78. The van der Waals surface area contributed by atoms with Crippen LogP contribution in [0.25, 0.3) is 21.7 Å². The van der Waals surface area contributed by atoms with Crippen LogP contribution in [0.4, 0.5) is 9.52 Å². The van der Waals surface area contributed by atoms with Gasteiger partial charge < -0.3 is 0 Å². The number of nitrogens with zero attached hydrogens (tertiary/aromatic N) is 1. The zero-order valence-corrected chi connectivity index (χ0v) is 15.0. The van der Waals surface area contributed by atoms with Crippen LogP contribution in [-0.2, 0) is 0 Å². The van der Waals surface area contributed by atoms with Gasteiger partial charge in [-0.2, -0.15) is 0 Å². The number of carbonyl (C=O) groups is 1. The summed E-state index contributed by atoms with van der Waals surface area (Å²) in [7, 11) is 0. The summed E-state index contributed by atoms with van der Waals surface area (Å²) >= 11 is 1.40. The molecule has 0 spiro atoms. The lowest BCUT2D eigenvalue weighted by Crippen LogP contribution is -2.11. The fraction of sp³-hybridized carbons (Fsp3) is 0. The Morgan fingerprint density at radius 3 is 2.11 bits per heavy atom. The van der Waals surface area contributed by atoms with Crippen LogP contribution in [0.3, 0.4) is 0 Å². The summed E-state index contributed by atoms with van der Waals surface area (Å²) in [5, 5.41) is 3.37. The lowest BCUT2D eigenvalue weighted by Gasteiger charge is -2.02. The molecule has 1 N–H and O–H groups in total. The molecule has 0 bridgehead atoms. The number of thiazole rings is 1. The van der Waals surface area contributed by atoms with E-state index in [1.165, 1.54) is 23.5 Å². The predicted octanol–water partition coefficient (Wildman–Crippen LogP) is 5.87. The van der Waals surface area contributed by atoms with Gasteiger partial charge in [0, 0.05) is 11.1 Å². The second-order valence-electron chi connectivity index (χ2n) is 5.89. The smallest absolute Gasteiger partial charge is 0.257 e. The first-order chi connectivity index (χ1) is 13.2. The molecule has 0 saturated heterocycles. The van der Waals surface area contributed by atoms with Gasteiger partial charge >= 0.3 is 0 Å². The number of amides is 1.